The van der Waals surface area contributed by atoms with E-state index in [2.05, 4.69) is 10.3 Å². The Morgan fingerprint density at radius 3 is 2.45 bits per heavy atom. The minimum atomic E-state index is -0.0683. The van der Waals surface area contributed by atoms with Crippen LogP contribution < -0.4 is 5.32 Å². The van der Waals surface area contributed by atoms with E-state index in [1.807, 2.05) is 18.3 Å². The van der Waals surface area contributed by atoms with Gasteiger partial charge in [-0.2, -0.15) is 0 Å². The third kappa shape index (κ3) is 3.36. The van der Waals surface area contributed by atoms with Crippen LogP contribution in [0, 0.1) is 0 Å². The molecule has 1 heterocycles. The highest BCUT2D eigenvalue weighted by Gasteiger charge is 2.23. The zero-order chi connectivity index (χ0) is 15.5. The summed E-state index contributed by atoms with van der Waals surface area (Å²) in [6.07, 6.45) is 3.96. The molecule has 1 fully saturated rings. The summed E-state index contributed by atoms with van der Waals surface area (Å²) < 4.78 is 0. The van der Waals surface area contributed by atoms with Gasteiger partial charge in [-0.3, -0.25) is 9.59 Å². The van der Waals surface area contributed by atoms with Crippen LogP contribution in [0.25, 0.3) is 0 Å². The molecule has 1 aromatic carbocycles. The molecule has 1 aliphatic carbocycles. The number of nitrogens with one attached hydrogen (secondary N) is 2. The smallest absolute Gasteiger partial charge is 0.253 e. The molecule has 22 heavy (non-hydrogen) atoms. The van der Waals surface area contributed by atoms with Crippen LogP contribution in [-0.2, 0) is 6.54 Å². The highest BCUT2D eigenvalue weighted by atomic mass is 16.2. The lowest BCUT2D eigenvalue weighted by Gasteiger charge is -2.16. The van der Waals surface area contributed by atoms with Gasteiger partial charge in [0.1, 0.15) is 0 Å². The van der Waals surface area contributed by atoms with Crippen LogP contribution in [0.1, 0.15) is 39.3 Å². The van der Waals surface area contributed by atoms with Crippen LogP contribution in [0.5, 0.6) is 0 Å². The number of nitrogens with zero attached hydrogens (tertiary/aromatic N) is 1. The van der Waals surface area contributed by atoms with E-state index >= 15 is 0 Å². The van der Waals surface area contributed by atoms with E-state index in [0.29, 0.717) is 23.7 Å². The maximum absolute atomic E-state index is 12.4. The van der Waals surface area contributed by atoms with Gasteiger partial charge in [0, 0.05) is 36.1 Å². The molecular weight excluding hydrogens is 278 g/mol. The van der Waals surface area contributed by atoms with Crippen molar-refractivity contribution in [3.63, 3.8) is 0 Å². The number of hydrogen-bond acceptors (Lipinski definition) is 2. The van der Waals surface area contributed by atoms with Gasteiger partial charge in [-0.05, 0) is 49.2 Å². The SMILES string of the molecule is CN(Cc1ccc[nH]1)C(=O)c1ccc(C(=O)NC2CC2)cc1. The molecule has 2 amide bonds. The lowest BCUT2D eigenvalue weighted by Crippen LogP contribution is -2.27. The molecular formula is C17H19N3O2. The summed E-state index contributed by atoms with van der Waals surface area (Å²) >= 11 is 0. The second-order valence-electron chi connectivity index (χ2n) is 5.68. The minimum absolute atomic E-state index is 0.0660. The van der Waals surface area contributed by atoms with Gasteiger partial charge in [0.2, 0.25) is 0 Å². The fraction of sp³-hybridized carbons (Fsp3) is 0.294. The molecule has 2 aromatic rings. The van der Waals surface area contributed by atoms with E-state index in [-0.39, 0.29) is 11.8 Å². The van der Waals surface area contributed by atoms with Crippen LogP contribution in [0.4, 0.5) is 0 Å². The monoisotopic (exact) mass is 297 g/mol. The lowest BCUT2D eigenvalue weighted by atomic mass is 10.1. The lowest BCUT2D eigenvalue weighted by molar-refractivity contribution is 0.0783. The number of amides is 2. The highest BCUT2D eigenvalue weighted by molar-refractivity contribution is 5.97. The van der Waals surface area contributed by atoms with E-state index in [1.165, 1.54) is 0 Å². The summed E-state index contributed by atoms with van der Waals surface area (Å²) in [7, 11) is 1.76. The highest BCUT2D eigenvalue weighted by Crippen LogP contribution is 2.19. The molecule has 3 rings (SSSR count). The van der Waals surface area contributed by atoms with Crippen LogP contribution in [-0.4, -0.2) is 34.8 Å². The number of carbonyl (C=O) groups is 2. The first-order chi connectivity index (χ1) is 10.6. The second-order valence-corrected chi connectivity index (χ2v) is 5.68. The molecule has 0 atom stereocenters. The van der Waals surface area contributed by atoms with Gasteiger partial charge in [-0.1, -0.05) is 0 Å². The van der Waals surface area contributed by atoms with Crippen molar-refractivity contribution in [1.29, 1.82) is 0 Å². The Kier molecular flexibility index (Phi) is 3.96. The van der Waals surface area contributed by atoms with Crippen molar-refractivity contribution in [2.75, 3.05) is 7.05 Å². The van der Waals surface area contributed by atoms with E-state index < -0.39 is 0 Å². The summed E-state index contributed by atoms with van der Waals surface area (Å²) in [5, 5.41) is 2.93. The summed E-state index contributed by atoms with van der Waals surface area (Å²) in [4.78, 5) is 29.0. The average molecular weight is 297 g/mol. The van der Waals surface area contributed by atoms with Crippen molar-refractivity contribution in [3.8, 4) is 0 Å². The largest absolute Gasteiger partial charge is 0.364 e. The van der Waals surface area contributed by atoms with Gasteiger partial charge in [0.25, 0.3) is 11.8 Å². The molecule has 0 spiro atoms. The Hall–Kier alpha value is -2.56. The molecule has 1 saturated carbocycles. The predicted octanol–water partition coefficient (Wildman–Crippen LogP) is 2.18. The molecule has 1 aromatic heterocycles. The van der Waals surface area contributed by atoms with Crippen molar-refractivity contribution in [2.45, 2.75) is 25.4 Å². The molecule has 0 unspecified atom stereocenters. The molecule has 0 bridgehead atoms. The molecule has 114 valence electrons. The number of hydrogen-bond donors (Lipinski definition) is 2. The predicted molar refractivity (Wildman–Crippen MR) is 83.5 cm³/mol. The molecule has 0 aliphatic heterocycles. The van der Waals surface area contributed by atoms with Crippen LogP contribution in [0.2, 0.25) is 0 Å². The van der Waals surface area contributed by atoms with Gasteiger partial charge >= 0.3 is 0 Å². The Morgan fingerprint density at radius 1 is 1.18 bits per heavy atom. The number of aromatic amines is 1. The van der Waals surface area contributed by atoms with E-state index in [0.717, 1.165) is 18.5 Å². The third-order valence-electron chi connectivity index (χ3n) is 3.72. The van der Waals surface area contributed by atoms with E-state index in [4.69, 9.17) is 0 Å². The van der Waals surface area contributed by atoms with Crippen molar-refractivity contribution >= 4 is 11.8 Å². The number of H-pyrrole nitrogens is 1. The fourth-order valence-electron chi connectivity index (χ4n) is 2.27. The number of carbonyl (C=O) groups excluding carboxylic acids is 2. The molecule has 0 saturated heterocycles. The first kappa shape index (κ1) is 14.4. The van der Waals surface area contributed by atoms with Crippen molar-refractivity contribution in [1.82, 2.24) is 15.2 Å². The van der Waals surface area contributed by atoms with Crippen LogP contribution >= 0.6 is 0 Å². The third-order valence-corrected chi connectivity index (χ3v) is 3.72. The Morgan fingerprint density at radius 2 is 1.86 bits per heavy atom. The number of rotatable bonds is 5. The van der Waals surface area contributed by atoms with Gasteiger partial charge in [-0.15, -0.1) is 0 Å². The number of aromatic nitrogens is 1. The van der Waals surface area contributed by atoms with Crippen LogP contribution in [0.3, 0.4) is 0 Å². The minimum Gasteiger partial charge on any atom is -0.364 e. The maximum Gasteiger partial charge on any atom is 0.253 e. The summed E-state index contributed by atoms with van der Waals surface area (Å²) in [5.41, 5.74) is 2.16. The van der Waals surface area contributed by atoms with E-state index in [9.17, 15) is 9.59 Å². The Bertz CT molecular complexity index is 658. The molecule has 5 nitrogen and oxygen atoms in total. The molecule has 1 aliphatic rings. The molecule has 0 radical (unpaired) electrons. The summed E-state index contributed by atoms with van der Waals surface area (Å²) in [6.45, 7) is 0.524. The van der Waals surface area contributed by atoms with E-state index in [1.54, 1.807) is 36.2 Å². The summed E-state index contributed by atoms with van der Waals surface area (Å²) in [6, 6.07) is 11.0. The van der Waals surface area contributed by atoms with Crippen molar-refractivity contribution in [2.24, 2.45) is 0 Å². The van der Waals surface area contributed by atoms with Gasteiger partial charge < -0.3 is 15.2 Å². The summed E-state index contributed by atoms with van der Waals surface area (Å²) in [5.74, 6) is -0.134. The van der Waals surface area contributed by atoms with Crippen molar-refractivity contribution < 1.29 is 9.59 Å². The molecule has 2 N–H and O–H groups in total. The normalized spacial score (nSPS) is 13.7. The standard InChI is InChI=1S/C17H19N3O2/c1-20(11-15-3-2-10-18-15)17(22)13-6-4-12(5-7-13)16(21)19-14-8-9-14/h2-7,10,14,18H,8-9,11H2,1H3,(H,19,21). The Labute approximate surface area is 129 Å². The fourth-order valence-corrected chi connectivity index (χ4v) is 2.27. The van der Waals surface area contributed by atoms with Gasteiger partial charge in [0.05, 0.1) is 6.54 Å². The number of benzene rings is 1. The topological polar surface area (TPSA) is 65.2 Å². The first-order valence-corrected chi connectivity index (χ1v) is 7.42. The zero-order valence-electron chi connectivity index (χ0n) is 12.5. The zero-order valence-corrected chi connectivity index (χ0v) is 12.5. The van der Waals surface area contributed by atoms with Gasteiger partial charge in [0.15, 0.2) is 0 Å². The van der Waals surface area contributed by atoms with Gasteiger partial charge in [-0.25, -0.2) is 0 Å². The average Bonchev–Trinajstić information content (AvgIpc) is 3.19. The Balaban J connectivity index is 1.63. The van der Waals surface area contributed by atoms with Crippen LogP contribution in [0.15, 0.2) is 42.6 Å². The molecule has 5 heteroatoms. The second kappa shape index (κ2) is 6.05. The first-order valence-electron chi connectivity index (χ1n) is 7.42. The quantitative estimate of drug-likeness (QED) is 0.888. The maximum atomic E-state index is 12.4. The van der Waals surface area contributed by atoms with Crippen molar-refractivity contribution in [3.05, 3.63) is 59.4 Å².